The summed E-state index contributed by atoms with van der Waals surface area (Å²) in [5.74, 6) is 0.284. The van der Waals surface area contributed by atoms with Gasteiger partial charge in [-0.1, -0.05) is 23.9 Å². The van der Waals surface area contributed by atoms with Crippen LogP contribution in [0.4, 0.5) is 8.78 Å². The molecule has 1 N–H and O–H groups in total. The fraction of sp³-hybridized carbons (Fsp3) is 0.267. The third kappa shape index (κ3) is 3.56. The van der Waals surface area contributed by atoms with Gasteiger partial charge in [0.15, 0.2) is 5.16 Å². The molecule has 0 spiro atoms. The second-order valence-corrected chi connectivity index (χ2v) is 6.03. The van der Waals surface area contributed by atoms with Crippen LogP contribution in [0.5, 0.6) is 5.75 Å². The monoisotopic (exact) mass is 353 g/mol. The molecule has 0 aliphatic carbocycles. The highest BCUT2D eigenvalue weighted by atomic mass is 32.2. The van der Waals surface area contributed by atoms with Crippen molar-refractivity contribution in [1.29, 1.82) is 0 Å². The lowest BCUT2D eigenvalue weighted by Crippen LogP contribution is -2.33. The number of aromatic nitrogens is 2. The smallest absolute Gasteiger partial charge is 0.387 e. The lowest BCUT2D eigenvalue weighted by molar-refractivity contribution is -0.0498. The Labute approximate surface area is 139 Å². The van der Waals surface area contributed by atoms with Crippen LogP contribution >= 0.6 is 11.8 Å². The SMILES string of the molecule is O=C(NCc1ccc(OC(F)F)cc1)c1cnc2n(c1=O)CCS2. The number of ether oxygens (including phenoxy) is 1. The summed E-state index contributed by atoms with van der Waals surface area (Å²) in [7, 11) is 0. The minimum Gasteiger partial charge on any atom is -0.435 e. The van der Waals surface area contributed by atoms with Crippen molar-refractivity contribution in [2.45, 2.75) is 24.9 Å². The molecule has 1 aliphatic rings. The lowest BCUT2D eigenvalue weighted by atomic mass is 10.2. The molecule has 0 saturated carbocycles. The van der Waals surface area contributed by atoms with Crippen LogP contribution in [-0.2, 0) is 13.1 Å². The number of nitrogens with one attached hydrogen (secondary N) is 1. The van der Waals surface area contributed by atoms with Gasteiger partial charge in [0.05, 0.1) is 0 Å². The summed E-state index contributed by atoms with van der Waals surface area (Å²) in [4.78, 5) is 28.5. The molecular formula is C15H13F2N3O3S. The van der Waals surface area contributed by atoms with Gasteiger partial charge in [0, 0.05) is 25.0 Å². The molecule has 9 heteroatoms. The summed E-state index contributed by atoms with van der Waals surface area (Å²) in [6, 6.07) is 5.89. The van der Waals surface area contributed by atoms with Gasteiger partial charge in [-0.2, -0.15) is 8.78 Å². The Hall–Kier alpha value is -2.42. The fourth-order valence-electron chi connectivity index (χ4n) is 2.24. The lowest BCUT2D eigenvalue weighted by Gasteiger charge is -2.08. The Morgan fingerprint density at radius 1 is 1.38 bits per heavy atom. The van der Waals surface area contributed by atoms with Gasteiger partial charge in [-0.3, -0.25) is 14.2 Å². The maximum Gasteiger partial charge on any atom is 0.387 e. The van der Waals surface area contributed by atoms with Crippen LogP contribution in [0.3, 0.4) is 0 Å². The number of halogens is 2. The molecule has 0 fully saturated rings. The van der Waals surface area contributed by atoms with E-state index in [4.69, 9.17) is 0 Å². The minimum atomic E-state index is -2.88. The summed E-state index contributed by atoms with van der Waals surface area (Å²) in [5, 5.41) is 3.24. The molecule has 1 aromatic carbocycles. The van der Waals surface area contributed by atoms with Crippen LogP contribution < -0.4 is 15.6 Å². The number of nitrogens with zero attached hydrogens (tertiary/aromatic N) is 2. The van der Waals surface area contributed by atoms with E-state index < -0.39 is 12.5 Å². The number of carbonyl (C=O) groups excluding carboxylic acids is 1. The molecule has 2 heterocycles. The van der Waals surface area contributed by atoms with Gasteiger partial charge in [-0.15, -0.1) is 0 Å². The maximum atomic E-state index is 12.2. The van der Waals surface area contributed by atoms with Gasteiger partial charge in [-0.05, 0) is 17.7 Å². The number of hydrogen-bond acceptors (Lipinski definition) is 5. The Kier molecular flexibility index (Phi) is 4.79. The van der Waals surface area contributed by atoms with E-state index in [0.717, 1.165) is 5.75 Å². The summed E-state index contributed by atoms with van der Waals surface area (Å²) >= 11 is 1.47. The van der Waals surface area contributed by atoms with Crippen molar-refractivity contribution in [2.24, 2.45) is 0 Å². The molecule has 0 unspecified atom stereocenters. The molecule has 1 aromatic heterocycles. The molecule has 0 bridgehead atoms. The number of rotatable bonds is 5. The maximum absolute atomic E-state index is 12.2. The zero-order valence-corrected chi connectivity index (χ0v) is 13.2. The van der Waals surface area contributed by atoms with Crippen molar-refractivity contribution in [3.63, 3.8) is 0 Å². The average Bonchev–Trinajstić information content (AvgIpc) is 3.03. The summed E-state index contributed by atoms with van der Waals surface area (Å²) in [6.45, 7) is -2.18. The van der Waals surface area contributed by atoms with Crippen molar-refractivity contribution in [2.75, 3.05) is 5.75 Å². The van der Waals surface area contributed by atoms with E-state index in [1.54, 1.807) is 12.1 Å². The molecule has 0 radical (unpaired) electrons. The quantitative estimate of drug-likeness (QED) is 0.831. The molecular weight excluding hydrogens is 340 g/mol. The molecule has 6 nitrogen and oxygen atoms in total. The standard InChI is InChI=1S/C15H13F2N3O3S/c16-14(17)23-10-3-1-9(2-4-10)7-18-12(21)11-8-19-15-20(13(11)22)5-6-24-15/h1-4,8,14H,5-7H2,(H,18,21). The number of hydrogen-bond donors (Lipinski definition) is 1. The first-order chi connectivity index (χ1) is 11.5. The van der Waals surface area contributed by atoms with E-state index >= 15 is 0 Å². The molecule has 24 heavy (non-hydrogen) atoms. The van der Waals surface area contributed by atoms with E-state index in [2.05, 4.69) is 15.0 Å². The van der Waals surface area contributed by atoms with Gasteiger partial charge in [-0.25, -0.2) is 4.98 Å². The normalized spacial score (nSPS) is 13.0. The Balaban J connectivity index is 1.65. The third-order valence-corrected chi connectivity index (χ3v) is 4.37. The van der Waals surface area contributed by atoms with Gasteiger partial charge in [0.25, 0.3) is 11.5 Å². The summed E-state index contributed by atoms with van der Waals surface area (Å²) in [6.07, 6.45) is 1.28. The van der Waals surface area contributed by atoms with E-state index in [9.17, 15) is 18.4 Å². The highest BCUT2D eigenvalue weighted by Crippen LogP contribution is 2.20. The molecule has 3 rings (SSSR count). The minimum absolute atomic E-state index is 0.0149. The van der Waals surface area contributed by atoms with E-state index in [0.29, 0.717) is 17.3 Å². The van der Waals surface area contributed by atoms with Crippen LogP contribution in [0.25, 0.3) is 0 Å². The van der Waals surface area contributed by atoms with Crippen LogP contribution in [0.15, 0.2) is 40.4 Å². The van der Waals surface area contributed by atoms with Crippen molar-refractivity contribution in [3.05, 3.63) is 51.9 Å². The molecule has 0 saturated heterocycles. The number of fused-ring (bicyclic) bond motifs is 1. The van der Waals surface area contributed by atoms with Gasteiger partial charge in [0.1, 0.15) is 11.3 Å². The van der Waals surface area contributed by atoms with Crippen molar-refractivity contribution < 1.29 is 18.3 Å². The highest BCUT2D eigenvalue weighted by Gasteiger charge is 2.19. The molecule has 1 aliphatic heterocycles. The molecule has 126 valence electrons. The Morgan fingerprint density at radius 3 is 2.83 bits per heavy atom. The number of amides is 1. The van der Waals surface area contributed by atoms with Crippen LogP contribution in [0.1, 0.15) is 15.9 Å². The van der Waals surface area contributed by atoms with E-state index in [1.165, 1.54) is 34.7 Å². The Morgan fingerprint density at radius 2 is 2.12 bits per heavy atom. The zero-order valence-electron chi connectivity index (χ0n) is 12.4. The largest absolute Gasteiger partial charge is 0.435 e. The second-order valence-electron chi connectivity index (χ2n) is 4.96. The second kappa shape index (κ2) is 7.00. The van der Waals surface area contributed by atoms with Crippen molar-refractivity contribution in [3.8, 4) is 5.75 Å². The van der Waals surface area contributed by atoms with Crippen LogP contribution in [0, 0.1) is 0 Å². The number of benzene rings is 1. The average molecular weight is 353 g/mol. The number of alkyl halides is 2. The van der Waals surface area contributed by atoms with Gasteiger partial charge < -0.3 is 10.1 Å². The first-order valence-electron chi connectivity index (χ1n) is 7.09. The molecule has 0 atom stereocenters. The summed E-state index contributed by atoms with van der Waals surface area (Å²) in [5.41, 5.74) is 0.317. The fourth-order valence-corrected chi connectivity index (χ4v) is 3.15. The van der Waals surface area contributed by atoms with Crippen LogP contribution in [0.2, 0.25) is 0 Å². The Bertz CT molecular complexity index is 809. The number of carbonyl (C=O) groups is 1. The van der Waals surface area contributed by atoms with Crippen molar-refractivity contribution >= 4 is 17.7 Å². The third-order valence-electron chi connectivity index (χ3n) is 3.40. The van der Waals surface area contributed by atoms with Crippen molar-refractivity contribution in [1.82, 2.24) is 14.9 Å². The summed E-state index contributed by atoms with van der Waals surface area (Å²) < 4.78 is 29.9. The topological polar surface area (TPSA) is 73.2 Å². The number of thioether (sulfide) groups is 1. The van der Waals surface area contributed by atoms with Gasteiger partial charge >= 0.3 is 6.61 Å². The molecule has 2 aromatic rings. The van der Waals surface area contributed by atoms with Gasteiger partial charge in [0.2, 0.25) is 0 Å². The first-order valence-corrected chi connectivity index (χ1v) is 8.08. The first kappa shape index (κ1) is 16.4. The zero-order chi connectivity index (χ0) is 17.1. The molecule has 1 amide bonds. The predicted octanol–water partition coefficient (Wildman–Crippen LogP) is 1.88. The van der Waals surface area contributed by atoms with E-state index in [1.807, 2.05) is 0 Å². The predicted molar refractivity (Wildman–Crippen MR) is 83.5 cm³/mol. The van der Waals surface area contributed by atoms with Crippen LogP contribution in [-0.4, -0.2) is 27.8 Å². The van der Waals surface area contributed by atoms with E-state index in [-0.39, 0.29) is 23.4 Å². The highest BCUT2D eigenvalue weighted by molar-refractivity contribution is 7.99.